The van der Waals surface area contributed by atoms with Gasteiger partial charge in [0.1, 0.15) is 0 Å². The van der Waals surface area contributed by atoms with E-state index in [9.17, 15) is 9.59 Å². The molecule has 3 aliphatic heterocycles. The number of hydrogen-bond donors (Lipinski definition) is 1. The van der Waals surface area contributed by atoms with Gasteiger partial charge in [-0.15, -0.1) is 0 Å². The van der Waals surface area contributed by atoms with E-state index in [2.05, 4.69) is 5.32 Å². The van der Waals surface area contributed by atoms with Crippen LogP contribution in [0.3, 0.4) is 0 Å². The van der Waals surface area contributed by atoms with Gasteiger partial charge in [-0.2, -0.15) is 0 Å². The Morgan fingerprint density at radius 1 is 1.19 bits per heavy atom. The minimum atomic E-state index is 0.00885. The van der Waals surface area contributed by atoms with Crippen LogP contribution in [0.4, 0.5) is 0 Å². The summed E-state index contributed by atoms with van der Waals surface area (Å²) in [6.07, 6.45) is 7.64. The second-order valence-corrected chi connectivity index (χ2v) is 8.04. The van der Waals surface area contributed by atoms with Gasteiger partial charge in [0.15, 0.2) is 5.76 Å². The highest BCUT2D eigenvalue weighted by Gasteiger charge is 2.38. The van der Waals surface area contributed by atoms with Crippen molar-refractivity contribution in [2.24, 2.45) is 11.8 Å². The van der Waals surface area contributed by atoms with E-state index in [0.717, 1.165) is 58.4 Å². The molecule has 1 aromatic heterocycles. The largest absolute Gasteiger partial charge is 0.459 e. The van der Waals surface area contributed by atoms with Crippen molar-refractivity contribution in [1.29, 1.82) is 0 Å². The van der Waals surface area contributed by atoms with Crippen LogP contribution in [0.25, 0.3) is 0 Å². The number of furan rings is 1. The first-order valence-electron chi connectivity index (χ1n) is 10.0. The average molecular weight is 359 g/mol. The fourth-order valence-electron chi connectivity index (χ4n) is 4.83. The molecule has 0 aliphatic carbocycles. The molecular formula is C20H29N3O3. The quantitative estimate of drug-likeness (QED) is 0.875. The predicted octanol–water partition coefficient (Wildman–Crippen LogP) is 2.12. The Morgan fingerprint density at radius 3 is 2.81 bits per heavy atom. The number of rotatable bonds is 5. The summed E-state index contributed by atoms with van der Waals surface area (Å²) in [7, 11) is 0. The van der Waals surface area contributed by atoms with Crippen molar-refractivity contribution in [3.8, 4) is 0 Å². The first-order valence-corrected chi connectivity index (χ1v) is 10.0. The highest BCUT2D eigenvalue weighted by atomic mass is 16.3. The van der Waals surface area contributed by atoms with Gasteiger partial charge in [-0.3, -0.25) is 9.59 Å². The van der Waals surface area contributed by atoms with Crippen LogP contribution in [0.1, 0.15) is 49.1 Å². The lowest BCUT2D eigenvalue weighted by Gasteiger charge is -2.45. The zero-order valence-electron chi connectivity index (χ0n) is 15.4. The molecule has 2 amide bonds. The van der Waals surface area contributed by atoms with Gasteiger partial charge in [-0.1, -0.05) is 0 Å². The molecular weight excluding hydrogens is 330 g/mol. The number of fused-ring (bicyclic) bond motifs is 2. The van der Waals surface area contributed by atoms with Crippen molar-refractivity contribution in [3.63, 3.8) is 0 Å². The lowest BCUT2D eigenvalue weighted by Crippen LogP contribution is -2.57. The summed E-state index contributed by atoms with van der Waals surface area (Å²) in [5, 5.41) is 3.67. The summed E-state index contributed by atoms with van der Waals surface area (Å²) >= 11 is 0. The number of likely N-dealkylation sites (tertiary alicyclic amines) is 2. The van der Waals surface area contributed by atoms with Gasteiger partial charge in [0.05, 0.1) is 6.26 Å². The average Bonchev–Trinajstić information content (AvgIpc) is 3.36. The molecule has 4 heterocycles. The molecule has 2 unspecified atom stereocenters. The van der Waals surface area contributed by atoms with Crippen molar-refractivity contribution in [1.82, 2.24) is 15.1 Å². The predicted molar refractivity (Wildman–Crippen MR) is 97.7 cm³/mol. The summed E-state index contributed by atoms with van der Waals surface area (Å²) in [5.74, 6) is 1.76. The Bertz CT molecular complexity index is 624. The molecule has 3 saturated heterocycles. The molecule has 1 aromatic rings. The van der Waals surface area contributed by atoms with E-state index in [1.54, 1.807) is 18.4 Å². The summed E-state index contributed by atoms with van der Waals surface area (Å²) in [6.45, 7) is 4.43. The fraction of sp³-hybridized carbons (Fsp3) is 0.700. The normalized spacial score (nSPS) is 28.4. The van der Waals surface area contributed by atoms with E-state index < -0.39 is 0 Å². The molecule has 6 nitrogen and oxygen atoms in total. The fourth-order valence-corrected chi connectivity index (χ4v) is 4.83. The maximum atomic E-state index is 12.6. The maximum Gasteiger partial charge on any atom is 0.289 e. The molecule has 0 radical (unpaired) electrons. The van der Waals surface area contributed by atoms with Crippen LogP contribution in [0.2, 0.25) is 0 Å². The van der Waals surface area contributed by atoms with E-state index in [4.69, 9.17) is 4.42 Å². The number of piperidine rings is 2. The third-order valence-electron chi connectivity index (χ3n) is 6.19. The topological polar surface area (TPSA) is 65.8 Å². The molecule has 6 heteroatoms. The van der Waals surface area contributed by atoms with Crippen LogP contribution in [-0.2, 0) is 4.79 Å². The monoisotopic (exact) mass is 359 g/mol. The molecule has 3 aliphatic rings. The van der Waals surface area contributed by atoms with Crippen molar-refractivity contribution in [3.05, 3.63) is 24.2 Å². The summed E-state index contributed by atoms with van der Waals surface area (Å²) in [5.41, 5.74) is 0. The maximum absolute atomic E-state index is 12.6. The van der Waals surface area contributed by atoms with Crippen molar-refractivity contribution in [2.45, 2.75) is 44.6 Å². The van der Waals surface area contributed by atoms with E-state index in [-0.39, 0.29) is 5.91 Å². The van der Waals surface area contributed by atoms with Gasteiger partial charge in [-0.25, -0.2) is 0 Å². The molecule has 0 saturated carbocycles. The lowest BCUT2D eigenvalue weighted by atomic mass is 9.79. The number of carbonyl (C=O) groups excluding carboxylic acids is 2. The van der Waals surface area contributed by atoms with Gasteiger partial charge in [0.2, 0.25) is 5.91 Å². The minimum absolute atomic E-state index is 0.00885. The van der Waals surface area contributed by atoms with Crippen molar-refractivity contribution in [2.75, 3.05) is 32.7 Å². The van der Waals surface area contributed by atoms with Gasteiger partial charge in [0, 0.05) is 38.6 Å². The first kappa shape index (κ1) is 17.6. The summed E-state index contributed by atoms with van der Waals surface area (Å²) < 4.78 is 5.29. The number of nitrogens with zero attached hydrogens (tertiary/aromatic N) is 2. The number of nitrogens with one attached hydrogen (secondary N) is 1. The highest BCUT2D eigenvalue weighted by molar-refractivity contribution is 5.91. The van der Waals surface area contributed by atoms with Crippen LogP contribution in [0.5, 0.6) is 0 Å². The molecule has 26 heavy (non-hydrogen) atoms. The Morgan fingerprint density at radius 2 is 2.04 bits per heavy atom. The van der Waals surface area contributed by atoms with Gasteiger partial charge < -0.3 is 19.5 Å². The van der Waals surface area contributed by atoms with E-state index in [0.29, 0.717) is 36.0 Å². The van der Waals surface area contributed by atoms with Crippen LogP contribution in [0.15, 0.2) is 22.8 Å². The molecule has 3 atom stereocenters. The SMILES string of the molecule is O=C(CCC[C@H]1NCC2CC1CN(C(=O)c1ccco1)C2)N1CCCC1. The Hall–Kier alpha value is -1.82. The lowest BCUT2D eigenvalue weighted by molar-refractivity contribution is -0.130. The van der Waals surface area contributed by atoms with E-state index >= 15 is 0 Å². The molecule has 142 valence electrons. The Kier molecular flexibility index (Phi) is 5.29. The van der Waals surface area contributed by atoms with Gasteiger partial charge in [0.25, 0.3) is 5.91 Å². The van der Waals surface area contributed by atoms with Crippen LogP contribution in [0, 0.1) is 11.8 Å². The highest BCUT2D eigenvalue weighted by Crippen LogP contribution is 2.31. The van der Waals surface area contributed by atoms with E-state index in [1.165, 1.54) is 6.42 Å². The molecule has 2 bridgehead atoms. The van der Waals surface area contributed by atoms with Crippen LogP contribution >= 0.6 is 0 Å². The summed E-state index contributed by atoms with van der Waals surface area (Å²) in [6, 6.07) is 3.91. The van der Waals surface area contributed by atoms with Crippen LogP contribution in [-0.4, -0.2) is 60.4 Å². The number of carbonyl (C=O) groups is 2. The molecule has 3 fully saturated rings. The summed E-state index contributed by atoms with van der Waals surface area (Å²) in [4.78, 5) is 28.8. The molecule has 0 spiro atoms. The van der Waals surface area contributed by atoms with Crippen LogP contribution < -0.4 is 5.32 Å². The van der Waals surface area contributed by atoms with Gasteiger partial charge >= 0.3 is 0 Å². The standard InChI is InChI=1S/C20H29N3O3/c24-19(22-8-1-2-9-22)7-3-5-17-16-11-15(12-21-17)13-23(14-16)20(25)18-6-4-10-26-18/h4,6,10,15-17,21H,1-3,5,7-9,11-14H2/t15?,16?,17-/m1/s1. The third-order valence-corrected chi connectivity index (χ3v) is 6.19. The third kappa shape index (κ3) is 3.80. The van der Waals surface area contributed by atoms with E-state index in [1.807, 2.05) is 9.80 Å². The van der Waals surface area contributed by atoms with Crippen molar-refractivity contribution < 1.29 is 14.0 Å². The molecule has 1 N–H and O–H groups in total. The number of amides is 2. The zero-order chi connectivity index (χ0) is 17.9. The number of hydrogen-bond acceptors (Lipinski definition) is 4. The second kappa shape index (κ2) is 7.82. The first-order chi connectivity index (χ1) is 12.7. The van der Waals surface area contributed by atoms with Crippen molar-refractivity contribution >= 4 is 11.8 Å². The Balaban J connectivity index is 1.28. The zero-order valence-corrected chi connectivity index (χ0v) is 15.4. The molecule has 0 aromatic carbocycles. The second-order valence-electron chi connectivity index (χ2n) is 8.04. The smallest absolute Gasteiger partial charge is 0.289 e. The van der Waals surface area contributed by atoms with Gasteiger partial charge in [-0.05, 0) is 62.6 Å². The Labute approximate surface area is 154 Å². The minimum Gasteiger partial charge on any atom is -0.459 e. The molecule has 4 rings (SSSR count).